The Hall–Kier alpha value is -1.10. The molecular formula is C10H20N2O3. The summed E-state index contributed by atoms with van der Waals surface area (Å²) >= 11 is 0. The van der Waals surface area contributed by atoms with Crippen molar-refractivity contribution in [1.82, 2.24) is 4.90 Å². The highest BCUT2D eigenvalue weighted by Gasteiger charge is 2.08. The number of rotatable bonds is 8. The second kappa shape index (κ2) is 8.23. The second-order valence-corrected chi connectivity index (χ2v) is 3.56. The largest absolute Gasteiger partial charge is 0.481 e. The molecule has 0 aromatic rings. The predicted molar refractivity (Wildman–Crippen MR) is 57.4 cm³/mol. The Labute approximate surface area is 90.2 Å². The topological polar surface area (TPSA) is 83.6 Å². The smallest absolute Gasteiger partial charge is 0.303 e. The number of nitrogens with zero attached hydrogens (tertiary/aromatic N) is 1. The van der Waals surface area contributed by atoms with Crippen molar-refractivity contribution in [2.24, 2.45) is 5.73 Å². The zero-order valence-electron chi connectivity index (χ0n) is 9.24. The number of carbonyl (C=O) groups is 2. The van der Waals surface area contributed by atoms with Crippen molar-refractivity contribution in [3.8, 4) is 0 Å². The first-order valence-electron chi connectivity index (χ1n) is 5.23. The van der Waals surface area contributed by atoms with Crippen molar-refractivity contribution in [2.45, 2.75) is 32.1 Å². The van der Waals surface area contributed by atoms with E-state index in [1.807, 2.05) is 0 Å². The maximum atomic E-state index is 11.4. The van der Waals surface area contributed by atoms with Crippen LogP contribution >= 0.6 is 0 Å². The molecule has 0 saturated carbocycles. The molecule has 15 heavy (non-hydrogen) atoms. The number of amides is 1. The molecule has 0 atom stereocenters. The van der Waals surface area contributed by atoms with Crippen LogP contribution in [0.5, 0.6) is 0 Å². The van der Waals surface area contributed by atoms with Gasteiger partial charge in [-0.25, -0.2) is 0 Å². The normalized spacial score (nSPS) is 10.0. The van der Waals surface area contributed by atoms with Gasteiger partial charge in [0, 0.05) is 26.4 Å². The van der Waals surface area contributed by atoms with Crippen molar-refractivity contribution < 1.29 is 14.7 Å². The fourth-order valence-electron chi connectivity index (χ4n) is 1.20. The third-order valence-electron chi connectivity index (χ3n) is 2.15. The molecule has 0 unspecified atom stereocenters. The Morgan fingerprint density at radius 2 is 1.87 bits per heavy atom. The van der Waals surface area contributed by atoms with Gasteiger partial charge in [-0.1, -0.05) is 0 Å². The first-order valence-corrected chi connectivity index (χ1v) is 5.23. The first kappa shape index (κ1) is 13.9. The van der Waals surface area contributed by atoms with Gasteiger partial charge in [0.2, 0.25) is 5.91 Å². The molecule has 0 spiro atoms. The lowest BCUT2D eigenvalue weighted by atomic mass is 10.2. The van der Waals surface area contributed by atoms with E-state index >= 15 is 0 Å². The third kappa shape index (κ3) is 7.93. The third-order valence-corrected chi connectivity index (χ3v) is 2.15. The summed E-state index contributed by atoms with van der Waals surface area (Å²) in [5, 5.41) is 8.42. The standard InChI is InChI=1S/C10H20N2O3/c1-12(8-4-6-10(14)15)9(13)5-2-3-7-11/h2-8,11H2,1H3,(H,14,15). The summed E-state index contributed by atoms with van der Waals surface area (Å²) in [4.78, 5) is 23.3. The fourth-order valence-corrected chi connectivity index (χ4v) is 1.20. The molecule has 0 radical (unpaired) electrons. The molecule has 0 saturated heterocycles. The van der Waals surface area contributed by atoms with Gasteiger partial charge in [0.15, 0.2) is 0 Å². The van der Waals surface area contributed by atoms with Gasteiger partial charge in [0.05, 0.1) is 0 Å². The van der Waals surface area contributed by atoms with Crippen LogP contribution in [0.2, 0.25) is 0 Å². The lowest BCUT2D eigenvalue weighted by molar-refractivity contribution is -0.138. The van der Waals surface area contributed by atoms with E-state index in [9.17, 15) is 9.59 Å². The van der Waals surface area contributed by atoms with E-state index in [2.05, 4.69) is 0 Å². The minimum Gasteiger partial charge on any atom is -0.481 e. The predicted octanol–water partition coefficient (Wildman–Crippen LogP) is 0.439. The molecule has 0 heterocycles. The van der Waals surface area contributed by atoms with E-state index in [1.165, 1.54) is 0 Å². The van der Waals surface area contributed by atoms with Crippen LogP contribution in [-0.2, 0) is 9.59 Å². The Bertz CT molecular complexity index is 207. The van der Waals surface area contributed by atoms with Gasteiger partial charge in [-0.3, -0.25) is 9.59 Å². The SMILES string of the molecule is CN(CCCC(=O)O)C(=O)CCCCN. The van der Waals surface area contributed by atoms with Crippen LogP contribution in [0, 0.1) is 0 Å². The zero-order chi connectivity index (χ0) is 11.7. The van der Waals surface area contributed by atoms with E-state index in [1.54, 1.807) is 11.9 Å². The minimum absolute atomic E-state index is 0.0637. The fraction of sp³-hybridized carbons (Fsp3) is 0.800. The lowest BCUT2D eigenvalue weighted by Gasteiger charge is -2.16. The van der Waals surface area contributed by atoms with Crippen molar-refractivity contribution in [3.05, 3.63) is 0 Å². The van der Waals surface area contributed by atoms with E-state index in [0.717, 1.165) is 12.8 Å². The highest BCUT2D eigenvalue weighted by Crippen LogP contribution is 2.00. The average molecular weight is 216 g/mol. The Balaban J connectivity index is 3.55. The van der Waals surface area contributed by atoms with Crippen LogP contribution in [0.4, 0.5) is 0 Å². The number of hydrogen-bond acceptors (Lipinski definition) is 3. The summed E-state index contributed by atoms with van der Waals surface area (Å²) < 4.78 is 0. The van der Waals surface area contributed by atoms with Gasteiger partial charge in [0.1, 0.15) is 0 Å². The van der Waals surface area contributed by atoms with Crippen molar-refractivity contribution in [2.75, 3.05) is 20.1 Å². The van der Waals surface area contributed by atoms with Crippen LogP contribution in [0.15, 0.2) is 0 Å². The molecule has 0 aliphatic rings. The molecule has 0 aliphatic carbocycles. The maximum absolute atomic E-state index is 11.4. The van der Waals surface area contributed by atoms with Crippen LogP contribution in [0.25, 0.3) is 0 Å². The van der Waals surface area contributed by atoms with Crippen molar-refractivity contribution >= 4 is 11.9 Å². The highest BCUT2D eigenvalue weighted by atomic mass is 16.4. The molecular weight excluding hydrogens is 196 g/mol. The Kier molecular flexibility index (Phi) is 7.62. The molecule has 5 heteroatoms. The van der Waals surface area contributed by atoms with Gasteiger partial charge >= 0.3 is 5.97 Å². The van der Waals surface area contributed by atoms with E-state index in [4.69, 9.17) is 10.8 Å². The van der Waals surface area contributed by atoms with Gasteiger partial charge < -0.3 is 15.7 Å². The second-order valence-electron chi connectivity index (χ2n) is 3.56. The van der Waals surface area contributed by atoms with E-state index < -0.39 is 5.97 Å². The van der Waals surface area contributed by atoms with Gasteiger partial charge in [-0.05, 0) is 25.8 Å². The number of nitrogens with two attached hydrogens (primary N) is 1. The van der Waals surface area contributed by atoms with E-state index in [-0.39, 0.29) is 12.3 Å². The number of unbranched alkanes of at least 4 members (excludes halogenated alkanes) is 1. The zero-order valence-corrected chi connectivity index (χ0v) is 9.24. The van der Waals surface area contributed by atoms with Crippen LogP contribution in [0.3, 0.4) is 0 Å². The number of aliphatic carboxylic acids is 1. The Morgan fingerprint density at radius 3 is 2.40 bits per heavy atom. The molecule has 0 aromatic carbocycles. The summed E-state index contributed by atoms with van der Waals surface area (Å²) in [7, 11) is 1.70. The summed E-state index contributed by atoms with van der Waals surface area (Å²) in [5.41, 5.74) is 5.31. The molecule has 3 N–H and O–H groups in total. The minimum atomic E-state index is -0.820. The summed E-state index contributed by atoms with van der Waals surface area (Å²) in [6.07, 6.45) is 2.78. The molecule has 5 nitrogen and oxygen atoms in total. The average Bonchev–Trinajstić information content (AvgIpc) is 2.17. The molecule has 0 aliphatic heterocycles. The molecule has 0 bridgehead atoms. The van der Waals surface area contributed by atoms with Gasteiger partial charge in [-0.2, -0.15) is 0 Å². The molecule has 0 fully saturated rings. The lowest BCUT2D eigenvalue weighted by Crippen LogP contribution is -2.27. The van der Waals surface area contributed by atoms with Crippen LogP contribution in [0.1, 0.15) is 32.1 Å². The van der Waals surface area contributed by atoms with Crippen LogP contribution in [-0.4, -0.2) is 42.0 Å². The molecule has 88 valence electrons. The van der Waals surface area contributed by atoms with Gasteiger partial charge in [0.25, 0.3) is 0 Å². The van der Waals surface area contributed by atoms with Crippen LogP contribution < -0.4 is 5.73 Å². The number of hydrogen-bond donors (Lipinski definition) is 2. The Morgan fingerprint density at radius 1 is 1.20 bits per heavy atom. The molecule has 1 amide bonds. The maximum Gasteiger partial charge on any atom is 0.303 e. The molecule has 0 rings (SSSR count). The summed E-state index contributed by atoms with van der Waals surface area (Å²) in [6.45, 7) is 1.11. The van der Waals surface area contributed by atoms with Crippen molar-refractivity contribution in [1.29, 1.82) is 0 Å². The van der Waals surface area contributed by atoms with Crippen molar-refractivity contribution in [3.63, 3.8) is 0 Å². The highest BCUT2D eigenvalue weighted by molar-refractivity contribution is 5.75. The number of carboxylic acids is 1. The quantitative estimate of drug-likeness (QED) is 0.577. The van der Waals surface area contributed by atoms with Gasteiger partial charge in [-0.15, -0.1) is 0 Å². The first-order chi connectivity index (χ1) is 7.07. The summed E-state index contributed by atoms with van der Waals surface area (Å²) in [6, 6.07) is 0. The monoisotopic (exact) mass is 216 g/mol. The van der Waals surface area contributed by atoms with E-state index in [0.29, 0.717) is 25.9 Å². The summed E-state index contributed by atoms with van der Waals surface area (Å²) in [5.74, 6) is -0.757. The molecule has 0 aromatic heterocycles. The number of carboxylic acid groups (broad SMARTS) is 1. The number of carbonyl (C=O) groups excluding carboxylic acids is 1.